The fourth-order valence-electron chi connectivity index (χ4n) is 1.38. The summed E-state index contributed by atoms with van der Waals surface area (Å²) in [6, 6.07) is 0. The van der Waals surface area contributed by atoms with Crippen LogP contribution in [-0.2, 0) is 4.74 Å². The van der Waals surface area contributed by atoms with Gasteiger partial charge in [0.2, 0.25) is 0 Å². The van der Waals surface area contributed by atoms with Gasteiger partial charge in [-0.05, 0) is 26.2 Å². The Morgan fingerprint density at radius 2 is 2.08 bits per heavy atom. The molecule has 0 radical (unpaired) electrons. The van der Waals surface area contributed by atoms with Crippen LogP contribution < -0.4 is 0 Å². The molecule has 0 spiro atoms. The fraction of sp³-hybridized carbons (Fsp3) is 0.636. The Labute approximate surface area is 80.9 Å². The maximum atomic E-state index is 9.97. The number of allylic oxidation sites excluding steroid dienone is 1. The molecule has 0 aromatic rings. The molecule has 0 aromatic heterocycles. The third-order valence-corrected chi connectivity index (χ3v) is 2.17. The van der Waals surface area contributed by atoms with Gasteiger partial charge in [0.15, 0.2) is 0 Å². The van der Waals surface area contributed by atoms with Gasteiger partial charge < -0.3 is 9.84 Å². The molecule has 2 nitrogen and oxygen atoms in total. The Balaban J connectivity index is 4.17. The first kappa shape index (κ1) is 12.4. The third-order valence-electron chi connectivity index (χ3n) is 2.17. The summed E-state index contributed by atoms with van der Waals surface area (Å²) >= 11 is 0. The average molecular weight is 184 g/mol. The van der Waals surface area contributed by atoms with E-state index in [1.165, 1.54) is 0 Å². The Bertz CT molecular complexity index is 161. The van der Waals surface area contributed by atoms with Crippen molar-refractivity contribution in [3.8, 4) is 0 Å². The molecular weight excluding hydrogens is 164 g/mol. The molecule has 0 saturated carbocycles. The number of ether oxygens (including phenoxy) is 1. The van der Waals surface area contributed by atoms with Crippen LogP contribution in [0.1, 0.15) is 26.2 Å². The highest BCUT2D eigenvalue weighted by Gasteiger charge is 2.29. The molecule has 2 atom stereocenters. The summed E-state index contributed by atoms with van der Waals surface area (Å²) < 4.78 is 5.22. The van der Waals surface area contributed by atoms with Crippen LogP contribution in [0.25, 0.3) is 0 Å². The zero-order chi connectivity index (χ0) is 10.3. The van der Waals surface area contributed by atoms with Gasteiger partial charge in [0.05, 0.1) is 11.7 Å². The van der Waals surface area contributed by atoms with Gasteiger partial charge in [-0.3, -0.25) is 0 Å². The lowest BCUT2D eigenvalue weighted by molar-refractivity contribution is -0.0823. The van der Waals surface area contributed by atoms with Crippen molar-refractivity contribution in [1.29, 1.82) is 0 Å². The van der Waals surface area contributed by atoms with Crippen molar-refractivity contribution in [3.05, 3.63) is 25.3 Å². The van der Waals surface area contributed by atoms with Crippen molar-refractivity contribution in [3.63, 3.8) is 0 Å². The zero-order valence-electron chi connectivity index (χ0n) is 8.62. The number of rotatable bonds is 7. The molecular formula is C11H20O2. The molecule has 2 heteroatoms. The second-order valence-corrected chi connectivity index (χ2v) is 3.44. The summed E-state index contributed by atoms with van der Waals surface area (Å²) in [5, 5.41) is 9.97. The maximum Gasteiger partial charge on any atom is 0.0914 e. The number of aliphatic hydroxyl groups is 1. The molecule has 0 amide bonds. The van der Waals surface area contributed by atoms with Gasteiger partial charge >= 0.3 is 0 Å². The fourth-order valence-corrected chi connectivity index (χ4v) is 1.38. The van der Waals surface area contributed by atoms with Crippen LogP contribution in [0.4, 0.5) is 0 Å². The molecule has 0 bridgehead atoms. The summed E-state index contributed by atoms with van der Waals surface area (Å²) in [4.78, 5) is 0. The summed E-state index contributed by atoms with van der Waals surface area (Å²) in [6.45, 7) is 9.01. The second kappa shape index (κ2) is 5.95. The van der Waals surface area contributed by atoms with E-state index in [0.29, 0.717) is 6.42 Å². The number of hydrogen-bond donors (Lipinski definition) is 1. The van der Waals surface area contributed by atoms with Crippen molar-refractivity contribution < 1.29 is 9.84 Å². The molecule has 0 fully saturated rings. The van der Waals surface area contributed by atoms with Gasteiger partial charge in [-0.2, -0.15) is 0 Å². The predicted molar refractivity (Wildman–Crippen MR) is 55.7 cm³/mol. The highest BCUT2D eigenvalue weighted by atomic mass is 16.5. The van der Waals surface area contributed by atoms with Crippen LogP contribution in [0.5, 0.6) is 0 Å². The van der Waals surface area contributed by atoms with E-state index in [-0.39, 0.29) is 6.10 Å². The van der Waals surface area contributed by atoms with Crippen LogP contribution in [0, 0.1) is 0 Å². The number of hydrogen-bond acceptors (Lipinski definition) is 2. The van der Waals surface area contributed by atoms with E-state index in [9.17, 15) is 5.11 Å². The van der Waals surface area contributed by atoms with Crippen LogP contribution in [-0.4, -0.2) is 23.9 Å². The molecule has 0 aromatic carbocycles. The summed E-state index contributed by atoms with van der Waals surface area (Å²) in [5.74, 6) is 0. The monoisotopic (exact) mass is 184 g/mol. The van der Waals surface area contributed by atoms with Crippen molar-refractivity contribution in [2.24, 2.45) is 0 Å². The van der Waals surface area contributed by atoms with E-state index >= 15 is 0 Å². The van der Waals surface area contributed by atoms with Crippen molar-refractivity contribution in [2.75, 3.05) is 7.11 Å². The summed E-state index contributed by atoms with van der Waals surface area (Å²) in [5.41, 5.74) is -0.820. The van der Waals surface area contributed by atoms with E-state index < -0.39 is 5.60 Å². The van der Waals surface area contributed by atoms with E-state index in [1.807, 2.05) is 6.08 Å². The maximum absolute atomic E-state index is 9.97. The van der Waals surface area contributed by atoms with E-state index in [2.05, 4.69) is 13.2 Å². The van der Waals surface area contributed by atoms with Crippen molar-refractivity contribution in [2.45, 2.75) is 37.9 Å². The summed E-state index contributed by atoms with van der Waals surface area (Å²) in [6.07, 6.45) is 5.58. The van der Waals surface area contributed by atoms with E-state index in [1.54, 1.807) is 20.1 Å². The molecule has 13 heavy (non-hydrogen) atoms. The Morgan fingerprint density at radius 3 is 2.46 bits per heavy atom. The zero-order valence-corrected chi connectivity index (χ0v) is 8.62. The van der Waals surface area contributed by atoms with Crippen LogP contribution in [0.3, 0.4) is 0 Å². The summed E-state index contributed by atoms with van der Waals surface area (Å²) in [7, 11) is 1.62. The highest BCUT2D eigenvalue weighted by molar-refractivity contribution is 4.90. The van der Waals surface area contributed by atoms with Gasteiger partial charge in [0.25, 0.3) is 0 Å². The Hall–Kier alpha value is -0.600. The first-order valence-corrected chi connectivity index (χ1v) is 4.55. The predicted octanol–water partition coefficient (Wildman–Crippen LogP) is 2.29. The second-order valence-electron chi connectivity index (χ2n) is 3.44. The SMILES string of the molecule is C=CCCC(OC)C(C)(O)CC=C. The molecule has 2 unspecified atom stereocenters. The van der Waals surface area contributed by atoms with E-state index in [0.717, 1.165) is 12.8 Å². The normalized spacial score (nSPS) is 17.5. The average Bonchev–Trinajstić information content (AvgIpc) is 2.05. The van der Waals surface area contributed by atoms with Crippen LogP contribution in [0.15, 0.2) is 25.3 Å². The molecule has 0 aliphatic heterocycles. The minimum atomic E-state index is -0.820. The van der Waals surface area contributed by atoms with E-state index in [4.69, 9.17) is 4.74 Å². The van der Waals surface area contributed by atoms with Gasteiger partial charge in [0.1, 0.15) is 0 Å². The topological polar surface area (TPSA) is 29.5 Å². The first-order chi connectivity index (χ1) is 6.08. The van der Waals surface area contributed by atoms with Crippen LogP contribution >= 0.6 is 0 Å². The molecule has 0 rings (SSSR count). The molecule has 1 N–H and O–H groups in total. The largest absolute Gasteiger partial charge is 0.387 e. The van der Waals surface area contributed by atoms with Crippen molar-refractivity contribution in [1.82, 2.24) is 0 Å². The third kappa shape index (κ3) is 4.25. The van der Waals surface area contributed by atoms with Crippen LogP contribution in [0.2, 0.25) is 0 Å². The standard InChI is InChI=1S/C11H20O2/c1-5-7-8-10(13-4)11(3,12)9-6-2/h5-6,10,12H,1-2,7-9H2,3-4H3. The van der Waals surface area contributed by atoms with Gasteiger partial charge in [-0.25, -0.2) is 0 Å². The minimum Gasteiger partial charge on any atom is -0.387 e. The Morgan fingerprint density at radius 1 is 1.46 bits per heavy atom. The lowest BCUT2D eigenvalue weighted by atomic mass is 9.92. The van der Waals surface area contributed by atoms with Gasteiger partial charge in [0, 0.05) is 7.11 Å². The minimum absolute atomic E-state index is 0.150. The molecule has 0 saturated heterocycles. The smallest absolute Gasteiger partial charge is 0.0914 e. The lowest BCUT2D eigenvalue weighted by Gasteiger charge is -2.30. The molecule has 0 aliphatic rings. The number of methoxy groups -OCH3 is 1. The molecule has 0 aliphatic carbocycles. The van der Waals surface area contributed by atoms with Crippen molar-refractivity contribution >= 4 is 0 Å². The van der Waals surface area contributed by atoms with Gasteiger partial charge in [-0.1, -0.05) is 12.2 Å². The Kier molecular flexibility index (Phi) is 5.67. The van der Waals surface area contributed by atoms with Gasteiger partial charge in [-0.15, -0.1) is 13.2 Å². The molecule has 0 heterocycles. The lowest BCUT2D eigenvalue weighted by Crippen LogP contribution is -2.40. The quantitative estimate of drug-likeness (QED) is 0.615. The molecule has 76 valence electrons. The highest BCUT2D eigenvalue weighted by Crippen LogP contribution is 2.21. The first-order valence-electron chi connectivity index (χ1n) is 4.55.